The van der Waals surface area contributed by atoms with E-state index in [4.69, 9.17) is 5.73 Å². The molecule has 0 aliphatic rings. The molecule has 0 spiro atoms. The maximum atomic E-state index is 6.26. The quantitative estimate of drug-likeness (QED) is 0.743. The summed E-state index contributed by atoms with van der Waals surface area (Å²) in [5.74, 6) is 0. The van der Waals surface area contributed by atoms with Gasteiger partial charge < -0.3 is 5.73 Å². The first-order valence-electron chi connectivity index (χ1n) is 5.85. The average Bonchev–Trinajstić information content (AvgIpc) is 2.47. The van der Waals surface area contributed by atoms with Crippen LogP contribution in [-0.4, -0.2) is 9.97 Å². The Morgan fingerprint density at radius 3 is 2.56 bits per heavy atom. The van der Waals surface area contributed by atoms with Crippen molar-refractivity contribution in [3.05, 3.63) is 72.2 Å². The van der Waals surface area contributed by atoms with E-state index in [0.29, 0.717) is 0 Å². The van der Waals surface area contributed by atoms with Gasteiger partial charge in [-0.15, -0.1) is 0 Å². The Morgan fingerprint density at radius 1 is 0.889 bits per heavy atom. The minimum Gasteiger partial charge on any atom is -0.320 e. The van der Waals surface area contributed by atoms with Crippen LogP contribution in [0.5, 0.6) is 0 Å². The summed E-state index contributed by atoms with van der Waals surface area (Å²) in [7, 11) is 0. The first-order chi connectivity index (χ1) is 8.84. The van der Waals surface area contributed by atoms with Crippen molar-refractivity contribution in [3.8, 4) is 0 Å². The SMILES string of the molecule is NC(c1ccncc1)c1ccc2ncccc2c1. The fourth-order valence-electron chi connectivity index (χ4n) is 2.05. The van der Waals surface area contributed by atoms with Gasteiger partial charge in [-0.05, 0) is 41.5 Å². The van der Waals surface area contributed by atoms with Gasteiger partial charge in [0.05, 0.1) is 11.6 Å². The summed E-state index contributed by atoms with van der Waals surface area (Å²) in [4.78, 5) is 8.31. The second-order valence-electron chi connectivity index (χ2n) is 4.21. The Kier molecular flexibility index (Phi) is 2.74. The van der Waals surface area contributed by atoms with Gasteiger partial charge in [-0.2, -0.15) is 0 Å². The smallest absolute Gasteiger partial charge is 0.0702 e. The van der Waals surface area contributed by atoms with Gasteiger partial charge in [0.2, 0.25) is 0 Å². The monoisotopic (exact) mass is 235 g/mol. The van der Waals surface area contributed by atoms with Crippen molar-refractivity contribution in [2.75, 3.05) is 0 Å². The Hall–Kier alpha value is -2.26. The highest BCUT2D eigenvalue weighted by Gasteiger charge is 2.08. The molecule has 18 heavy (non-hydrogen) atoms. The number of nitrogens with zero attached hydrogens (tertiary/aromatic N) is 2. The molecular formula is C15H13N3. The summed E-state index contributed by atoms with van der Waals surface area (Å²) in [5, 5.41) is 1.11. The minimum absolute atomic E-state index is 0.127. The maximum Gasteiger partial charge on any atom is 0.0702 e. The molecule has 2 heterocycles. The van der Waals surface area contributed by atoms with Crippen molar-refractivity contribution in [1.29, 1.82) is 0 Å². The highest BCUT2D eigenvalue weighted by Crippen LogP contribution is 2.22. The molecule has 0 bridgehead atoms. The molecule has 1 unspecified atom stereocenters. The summed E-state index contributed by atoms with van der Waals surface area (Å²) >= 11 is 0. The Bertz CT molecular complexity index is 665. The molecule has 1 atom stereocenters. The van der Waals surface area contributed by atoms with Crippen molar-refractivity contribution in [2.45, 2.75) is 6.04 Å². The summed E-state index contributed by atoms with van der Waals surface area (Å²) in [6, 6.07) is 13.9. The van der Waals surface area contributed by atoms with Crippen molar-refractivity contribution in [2.24, 2.45) is 5.73 Å². The Labute approximate surface area is 105 Å². The van der Waals surface area contributed by atoms with E-state index in [0.717, 1.165) is 22.0 Å². The van der Waals surface area contributed by atoms with E-state index in [-0.39, 0.29) is 6.04 Å². The van der Waals surface area contributed by atoms with E-state index in [1.165, 1.54) is 0 Å². The molecule has 88 valence electrons. The lowest BCUT2D eigenvalue weighted by Gasteiger charge is -2.12. The summed E-state index contributed by atoms with van der Waals surface area (Å²) in [6.07, 6.45) is 5.32. The van der Waals surface area contributed by atoms with Crippen LogP contribution in [0.25, 0.3) is 10.9 Å². The first-order valence-corrected chi connectivity index (χ1v) is 5.85. The number of aromatic nitrogens is 2. The van der Waals surface area contributed by atoms with Crippen LogP contribution in [0.3, 0.4) is 0 Å². The van der Waals surface area contributed by atoms with Crippen LogP contribution in [0.1, 0.15) is 17.2 Å². The van der Waals surface area contributed by atoms with Gasteiger partial charge >= 0.3 is 0 Å². The topological polar surface area (TPSA) is 51.8 Å². The van der Waals surface area contributed by atoms with E-state index in [9.17, 15) is 0 Å². The maximum absolute atomic E-state index is 6.26. The van der Waals surface area contributed by atoms with Crippen LogP contribution >= 0.6 is 0 Å². The molecule has 3 rings (SSSR count). The Balaban J connectivity index is 2.04. The number of pyridine rings is 2. The van der Waals surface area contributed by atoms with Crippen LogP contribution in [0.2, 0.25) is 0 Å². The molecule has 3 aromatic rings. The van der Waals surface area contributed by atoms with Crippen LogP contribution in [-0.2, 0) is 0 Å². The largest absolute Gasteiger partial charge is 0.320 e. The predicted molar refractivity (Wildman–Crippen MR) is 72.0 cm³/mol. The zero-order chi connectivity index (χ0) is 12.4. The van der Waals surface area contributed by atoms with Gasteiger partial charge in [-0.1, -0.05) is 12.1 Å². The molecule has 3 heteroatoms. The number of hydrogen-bond donors (Lipinski definition) is 1. The van der Waals surface area contributed by atoms with Gasteiger partial charge in [-0.3, -0.25) is 9.97 Å². The molecule has 0 saturated heterocycles. The zero-order valence-corrected chi connectivity index (χ0v) is 9.82. The summed E-state index contributed by atoms with van der Waals surface area (Å²) in [5.41, 5.74) is 9.40. The molecule has 2 N–H and O–H groups in total. The number of nitrogens with two attached hydrogens (primary N) is 1. The Morgan fingerprint density at radius 2 is 1.72 bits per heavy atom. The van der Waals surface area contributed by atoms with Crippen molar-refractivity contribution in [1.82, 2.24) is 9.97 Å². The normalized spacial score (nSPS) is 12.5. The van der Waals surface area contributed by atoms with E-state index >= 15 is 0 Å². The lowest BCUT2D eigenvalue weighted by Crippen LogP contribution is -2.11. The number of benzene rings is 1. The molecule has 3 nitrogen and oxygen atoms in total. The van der Waals surface area contributed by atoms with Crippen LogP contribution in [0, 0.1) is 0 Å². The van der Waals surface area contributed by atoms with E-state index < -0.39 is 0 Å². The van der Waals surface area contributed by atoms with E-state index in [2.05, 4.69) is 16.0 Å². The number of rotatable bonds is 2. The molecule has 1 aromatic carbocycles. The van der Waals surface area contributed by atoms with Gasteiger partial charge in [0.15, 0.2) is 0 Å². The van der Waals surface area contributed by atoms with Crippen LogP contribution < -0.4 is 5.73 Å². The highest BCUT2D eigenvalue weighted by molar-refractivity contribution is 5.79. The minimum atomic E-state index is -0.127. The van der Waals surface area contributed by atoms with Gasteiger partial charge in [0, 0.05) is 24.0 Å². The van der Waals surface area contributed by atoms with Crippen LogP contribution in [0.4, 0.5) is 0 Å². The number of hydrogen-bond acceptors (Lipinski definition) is 3. The average molecular weight is 235 g/mol. The molecule has 0 fully saturated rings. The second-order valence-corrected chi connectivity index (χ2v) is 4.21. The standard InChI is InChI=1S/C15H13N3/c16-15(11-5-8-17-9-6-11)13-3-4-14-12(10-13)2-1-7-18-14/h1-10,15H,16H2. The van der Waals surface area contributed by atoms with Gasteiger partial charge in [0.1, 0.15) is 0 Å². The van der Waals surface area contributed by atoms with Crippen molar-refractivity contribution in [3.63, 3.8) is 0 Å². The third-order valence-electron chi connectivity index (χ3n) is 3.05. The van der Waals surface area contributed by atoms with Crippen molar-refractivity contribution < 1.29 is 0 Å². The summed E-state index contributed by atoms with van der Waals surface area (Å²) in [6.45, 7) is 0. The fraction of sp³-hybridized carbons (Fsp3) is 0.0667. The molecule has 0 aliphatic carbocycles. The predicted octanol–water partition coefficient (Wildman–Crippen LogP) is 2.68. The first kappa shape index (κ1) is 10.9. The van der Waals surface area contributed by atoms with Gasteiger partial charge in [0.25, 0.3) is 0 Å². The second kappa shape index (κ2) is 4.55. The third kappa shape index (κ3) is 1.96. The highest BCUT2D eigenvalue weighted by atomic mass is 14.7. The third-order valence-corrected chi connectivity index (χ3v) is 3.05. The van der Waals surface area contributed by atoms with E-state index in [1.807, 2.05) is 36.4 Å². The lowest BCUT2D eigenvalue weighted by atomic mass is 9.99. The van der Waals surface area contributed by atoms with E-state index in [1.54, 1.807) is 18.6 Å². The van der Waals surface area contributed by atoms with Gasteiger partial charge in [-0.25, -0.2) is 0 Å². The molecule has 0 amide bonds. The number of fused-ring (bicyclic) bond motifs is 1. The summed E-state index contributed by atoms with van der Waals surface area (Å²) < 4.78 is 0. The molecule has 0 radical (unpaired) electrons. The molecule has 0 aliphatic heterocycles. The van der Waals surface area contributed by atoms with Crippen LogP contribution in [0.15, 0.2) is 61.1 Å². The molecule has 0 saturated carbocycles. The molecular weight excluding hydrogens is 222 g/mol. The van der Waals surface area contributed by atoms with Crippen molar-refractivity contribution >= 4 is 10.9 Å². The molecule has 2 aromatic heterocycles. The lowest BCUT2D eigenvalue weighted by molar-refractivity contribution is 0.869. The zero-order valence-electron chi connectivity index (χ0n) is 9.82. The fourth-order valence-corrected chi connectivity index (χ4v) is 2.05.